The fourth-order valence-corrected chi connectivity index (χ4v) is 1.70. The van der Waals surface area contributed by atoms with Crippen LogP contribution >= 0.6 is 24.0 Å². The SMILES string of the molecule is CCS(=O)(=O)NCCNC(=NC)NCC(C)(C)OC.I. The normalized spacial score (nSPS) is 12.8. The molecule has 0 atom stereocenters. The molecule has 0 aliphatic carbocycles. The Morgan fingerprint density at radius 3 is 2.30 bits per heavy atom. The zero-order valence-electron chi connectivity index (χ0n) is 12.8. The molecule has 0 rings (SSSR count). The number of ether oxygens (including phenoxy) is 1. The second-order valence-electron chi connectivity index (χ2n) is 4.61. The first-order valence-electron chi connectivity index (χ1n) is 6.23. The maximum absolute atomic E-state index is 11.2. The fraction of sp³-hybridized carbons (Fsp3) is 0.909. The van der Waals surface area contributed by atoms with Crippen molar-refractivity contribution < 1.29 is 13.2 Å². The number of aliphatic imine (C=N–C) groups is 1. The lowest BCUT2D eigenvalue weighted by Gasteiger charge is -2.24. The lowest BCUT2D eigenvalue weighted by molar-refractivity contribution is 0.0268. The van der Waals surface area contributed by atoms with E-state index in [-0.39, 0.29) is 35.3 Å². The molecule has 0 spiro atoms. The Morgan fingerprint density at radius 2 is 1.85 bits per heavy atom. The molecule has 9 heteroatoms. The molecule has 7 nitrogen and oxygen atoms in total. The van der Waals surface area contributed by atoms with Gasteiger partial charge >= 0.3 is 0 Å². The van der Waals surface area contributed by atoms with Crippen LogP contribution in [0.15, 0.2) is 4.99 Å². The smallest absolute Gasteiger partial charge is 0.211 e. The summed E-state index contributed by atoms with van der Waals surface area (Å²) in [6.45, 7) is 6.91. The standard InChI is InChI=1S/C11H26N4O3S.HI/c1-6-19(16,17)15-8-7-13-10(12-4)14-9-11(2,3)18-5;/h15H,6-9H2,1-5H3,(H2,12,13,14);1H. The highest BCUT2D eigenvalue weighted by molar-refractivity contribution is 14.0. The Morgan fingerprint density at radius 1 is 1.25 bits per heavy atom. The Bertz CT molecular complexity index is 385. The summed E-state index contributed by atoms with van der Waals surface area (Å²) >= 11 is 0. The Kier molecular flexibility index (Phi) is 11.7. The van der Waals surface area contributed by atoms with Gasteiger partial charge in [0, 0.05) is 33.8 Å². The van der Waals surface area contributed by atoms with E-state index in [2.05, 4.69) is 20.3 Å². The van der Waals surface area contributed by atoms with Crippen molar-refractivity contribution in [3.63, 3.8) is 0 Å². The Labute approximate surface area is 139 Å². The van der Waals surface area contributed by atoms with Gasteiger partial charge in [0.1, 0.15) is 0 Å². The predicted octanol–water partition coefficient (Wildman–Crippen LogP) is 0.134. The molecule has 0 radical (unpaired) electrons. The molecular formula is C11H27IN4O3S. The van der Waals surface area contributed by atoms with Gasteiger partial charge in [0.05, 0.1) is 11.4 Å². The lowest BCUT2D eigenvalue weighted by atomic mass is 10.1. The predicted molar refractivity (Wildman–Crippen MR) is 93.3 cm³/mol. The van der Waals surface area contributed by atoms with Gasteiger partial charge in [-0.15, -0.1) is 24.0 Å². The number of nitrogens with zero attached hydrogens (tertiary/aromatic N) is 1. The molecule has 0 aromatic heterocycles. The first-order valence-corrected chi connectivity index (χ1v) is 7.88. The molecule has 20 heavy (non-hydrogen) atoms. The second-order valence-corrected chi connectivity index (χ2v) is 6.71. The van der Waals surface area contributed by atoms with Gasteiger partial charge in [-0.1, -0.05) is 0 Å². The van der Waals surface area contributed by atoms with Crippen LogP contribution in [0.25, 0.3) is 0 Å². The third-order valence-corrected chi connectivity index (χ3v) is 3.98. The van der Waals surface area contributed by atoms with Crippen molar-refractivity contribution in [3.8, 4) is 0 Å². The first-order chi connectivity index (χ1) is 8.76. The van der Waals surface area contributed by atoms with Gasteiger partial charge in [-0.25, -0.2) is 13.1 Å². The van der Waals surface area contributed by atoms with E-state index in [9.17, 15) is 8.42 Å². The van der Waals surface area contributed by atoms with E-state index in [1.165, 1.54) is 0 Å². The molecule has 0 aliphatic heterocycles. The van der Waals surface area contributed by atoms with E-state index in [4.69, 9.17) is 4.74 Å². The second kappa shape index (κ2) is 10.6. The van der Waals surface area contributed by atoms with Gasteiger partial charge in [-0.3, -0.25) is 4.99 Å². The lowest BCUT2D eigenvalue weighted by Crippen LogP contribution is -2.47. The van der Waals surface area contributed by atoms with Crippen LogP contribution in [0.5, 0.6) is 0 Å². The molecule has 0 fully saturated rings. The third kappa shape index (κ3) is 10.6. The zero-order valence-corrected chi connectivity index (χ0v) is 16.0. The van der Waals surface area contributed by atoms with Gasteiger partial charge in [0.25, 0.3) is 0 Å². The van der Waals surface area contributed by atoms with Crippen LogP contribution in [-0.4, -0.2) is 59.5 Å². The summed E-state index contributed by atoms with van der Waals surface area (Å²) in [5.41, 5.74) is -0.290. The largest absolute Gasteiger partial charge is 0.377 e. The molecule has 3 N–H and O–H groups in total. The molecule has 122 valence electrons. The van der Waals surface area contributed by atoms with Crippen molar-refractivity contribution in [1.29, 1.82) is 0 Å². The number of guanidine groups is 1. The monoisotopic (exact) mass is 422 g/mol. The van der Waals surface area contributed by atoms with Crippen LogP contribution < -0.4 is 15.4 Å². The van der Waals surface area contributed by atoms with Crippen LogP contribution in [0.2, 0.25) is 0 Å². The first kappa shape index (κ1) is 22.2. The van der Waals surface area contributed by atoms with E-state index in [1.807, 2.05) is 13.8 Å². The van der Waals surface area contributed by atoms with E-state index in [0.717, 1.165) is 0 Å². The van der Waals surface area contributed by atoms with Crippen LogP contribution in [0.4, 0.5) is 0 Å². The minimum absolute atomic E-state index is 0. The Hall–Kier alpha value is -0.130. The highest BCUT2D eigenvalue weighted by Gasteiger charge is 2.16. The molecule has 0 heterocycles. The van der Waals surface area contributed by atoms with Crippen molar-refractivity contribution in [1.82, 2.24) is 15.4 Å². The van der Waals surface area contributed by atoms with Crippen molar-refractivity contribution >= 4 is 40.0 Å². The number of hydrogen-bond donors (Lipinski definition) is 3. The zero-order chi connectivity index (χ0) is 14.9. The summed E-state index contributed by atoms with van der Waals surface area (Å²) in [6.07, 6.45) is 0. The van der Waals surface area contributed by atoms with Gasteiger partial charge in [0.15, 0.2) is 5.96 Å². The van der Waals surface area contributed by atoms with Crippen molar-refractivity contribution in [2.45, 2.75) is 26.4 Å². The minimum atomic E-state index is -3.13. The quantitative estimate of drug-likeness (QED) is 0.224. The summed E-state index contributed by atoms with van der Waals surface area (Å²) in [7, 11) is 0.174. The molecule has 0 unspecified atom stereocenters. The number of sulfonamides is 1. The van der Waals surface area contributed by atoms with Crippen LogP contribution in [0.1, 0.15) is 20.8 Å². The molecule has 0 aliphatic rings. The summed E-state index contributed by atoms with van der Waals surface area (Å²) in [4.78, 5) is 4.04. The topological polar surface area (TPSA) is 91.8 Å². The molecular weight excluding hydrogens is 395 g/mol. The molecule has 0 saturated heterocycles. The summed E-state index contributed by atoms with van der Waals surface area (Å²) in [5.74, 6) is 0.697. The molecule has 0 aromatic carbocycles. The Balaban J connectivity index is 0. The highest BCUT2D eigenvalue weighted by atomic mass is 127. The van der Waals surface area contributed by atoms with Crippen LogP contribution in [0.3, 0.4) is 0 Å². The molecule has 0 bridgehead atoms. The van der Waals surface area contributed by atoms with Crippen molar-refractivity contribution in [2.24, 2.45) is 4.99 Å². The van der Waals surface area contributed by atoms with E-state index < -0.39 is 10.0 Å². The maximum Gasteiger partial charge on any atom is 0.211 e. The van der Waals surface area contributed by atoms with Crippen LogP contribution in [0, 0.1) is 0 Å². The fourth-order valence-electron chi connectivity index (χ4n) is 1.08. The van der Waals surface area contributed by atoms with Crippen molar-refractivity contribution in [2.75, 3.05) is 39.5 Å². The van der Waals surface area contributed by atoms with E-state index in [0.29, 0.717) is 25.6 Å². The summed E-state index contributed by atoms with van der Waals surface area (Å²) in [5, 5.41) is 6.13. The minimum Gasteiger partial charge on any atom is -0.377 e. The number of halogens is 1. The van der Waals surface area contributed by atoms with Gasteiger partial charge in [-0.05, 0) is 20.8 Å². The van der Waals surface area contributed by atoms with Gasteiger partial charge in [0.2, 0.25) is 10.0 Å². The number of hydrogen-bond acceptors (Lipinski definition) is 4. The highest BCUT2D eigenvalue weighted by Crippen LogP contribution is 2.04. The molecule has 0 amide bonds. The summed E-state index contributed by atoms with van der Waals surface area (Å²) < 4.78 is 30.2. The average molecular weight is 422 g/mol. The van der Waals surface area contributed by atoms with Gasteiger partial charge < -0.3 is 15.4 Å². The van der Waals surface area contributed by atoms with E-state index >= 15 is 0 Å². The summed E-state index contributed by atoms with van der Waals surface area (Å²) in [6, 6.07) is 0. The molecule has 0 saturated carbocycles. The number of rotatable bonds is 8. The average Bonchev–Trinajstić information content (AvgIpc) is 2.38. The van der Waals surface area contributed by atoms with Crippen molar-refractivity contribution in [3.05, 3.63) is 0 Å². The van der Waals surface area contributed by atoms with Crippen LogP contribution in [-0.2, 0) is 14.8 Å². The third-order valence-electron chi connectivity index (χ3n) is 2.58. The maximum atomic E-state index is 11.2. The number of methoxy groups -OCH3 is 1. The van der Waals surface area contributed by atoms with Gasteiger partial charge in [-0.2, -0.15) is 0 Å². The number of nitrogens with one attached hydrogen (secondary N) is 3. The molecule has 0 aromatic rings. The van der Waals surface area contributed by atoms with E-state index in [1.54, 1.807) is 21.1 Å².